The van der Waals surface area contributed by atoms with Gasteiger partial charge in [0.25, 0.3) is 0 Å². The number of carbonyl (C=O) groups is 1. The number of nitrogens with one attached hydrogen (secondary N) is 1. The highest BCUT2D eigenvalue weighted by Gasteiger charge is 2.54. The van der Waals surface area contributed by atoms with Crippen LogP contribution in [0.4, 0.5) is 13.2 Å². The van der Waals surface area contributed by atoms with Gasteiger partial charge in [0.05, 0.1) is 19.8 Å². The van der Waals surface area contributed by atoms with E-state index in [-0.39, 0.29) is 19.4 Å². The highest BCUT2D eigenvalue weighted by atomic mass is 19.4. The molecule has 0 amide bonds. The molecule has 2 saturated heterocycles. The summed E-state index contributed by atoms with van der Waals surface area (Å²) in [6.45, 7) is 2.38. The van der Waals surface area contributed by atoms with Gasteiger partial charge in [0.2, 0.25) is 0 Å². The summed E-state index contributed by atoms with van der Waals surface area (Å²) in [4.78, 5) is 11.7. The molecule has 0 radical (unpaired) electrons. The molecule has 1 spiro atoms. The molecule has 2 atom stereocenters. The van der Waals surface area contributed by atoms with Crippen molar-refractivity contribution in [3.05, 3.63) is 0 Å². The molecule has 0 bridgehead atoms. The minimum absolute atomic E-state index is 0.0262. The third-order valence-corrected chi connectivity index (χ3v) is 3.42. The van der Waals surface area contributed by atoms with E-state index in [9.17, 15) is 18.0 Å². The third kappa shape index (κ3) is 3.42. The maximum atomic E-state index is 13.0. The Labute approximate surface area is 114 Å². The summed E-state index contributed by atoms with van der Waals surface area (Å²) in [6.07, 6.45) is -4.16. The zero-order valence-electron chi connectivity index (χ0n) is 11.2. The van der Waals surface area contributed by atoms with Gasteiger partial charge < -0.3 is 14.2 Å². The Morgan fingerprint density at radius 2 is 2.00 bits per heavy atom. The van der Waals surface area contributed by atoms with Crippen molar-refractivity contribution in [2.75, 3.05) is 19.8 Å². The van der Waals surface area contributed by atoms with E-state index in [0.717, 1.165) is 0 Å². The SMILES string of the molecule is CCOC(=O)[C@@H]1CC2(C[C@H](C(F)(F)F)N1)OCCCO2. The minimum atomic E-state index is -4.47. The molecule has 8 heteroatoms. The van der Waals surface area contributed by atoms with Crippen LogP contribution in [0.5, 0.6) is 0 Å². The fourth-order valence-electron chi connectivity index (χ4n) is 2.52. The van der Waals surface area contributed by atoms with Crippen LogP contribution in [-0.2, 0) is 19.0 Å². The zero-order valence-corrected chi connectivity index (χ0v) is 11.2. The minimum Gasteiger partial charge on any atom is -0.465 e. The number of rotatable bonds is 2. The Kier molecular flexibility index (Phi) is 4.55. The van der Waals surface area contributed by atoms with E-state index in [4.69, 9.17) is 14.2 Å². The maximum absolute atomic E-state index is 13.0. The van der Waals surface area contributed by atoms with Crippen molar-refractivity contribution in [3.63, 3.8) is 0 Å². The average molecular weight is 297 g/mol. The highest BCUT2D eigenvalue weighted by Crippen LogP contribution is 2.38. The van der Waals surface area contributed by atoms with E-state index < -0.39 is 30.0 Å². The highest BCUT2D eigenvalue weighted by molar-refractivity contribution is 5.76. The monoisotopic (exact) mass is 297 g/mol. The summed E-state index contributed by atoms with van der Waals surface area (Å²) in [5.41, 5.74) is 0. The van der Waals surface area contributed by atoms with Gasteiger partial charge in [-0.1, -0.05) is 0 Å². The molecule has 0 saturated carbocycles. The quantitative estimate of drug-likeness (QED) is 0.780. The molecule has 2 fully saturated rings. The van der Waals surface area contributed by atoms with Gasteiger partial charge in [-0.15, -0.1) is 0 Å². The number of carbonyl (C=O) groups excluding carboxylic acids is 1. The molecule has 1 N–H and O–H groups in total. The average Bonchev–Trinajstić information content (AvgIpc) is 2.38. The summed E-state index contributed by atoms with van der Waals surface area (Å²) in [5, 5.41) is 2.29. The predicted octanol–water partition coefficient (Wildman–Crippen LogP) is 1.37. The van der Waals surface area contributed by atoms with Crippen LogP contribution in [0.3, 0.4) is 0 Å². The number of halogens is 3. The number of ether oxygens (including phenoxy) is 3. The first-order chi connectivity index (χ1) is 9.36. The molecule has 0 aromatic carbocycles. The van der Waals surface area contributed by atoms with Gasteiger partial charge in [-0.25, -0.2) is 0 Å². The Morgan fingerprint density at radius 3 is 2.55 bits per heavy atom. The molecule has 0 unspecified atom stereocenters. The predicted molar refractivity (Wildman–Crippen MR) is 61.9 cm³/mol. The number of esters is 1. The summed E-state index contributed by atoms with van der Waals surface area (Å²) in [6, 6.07) is -2.92. The van der Waals surface area contributed by atoms with Crippen LogP contribution in [-0.4, -0.2) is 49.8 Å². The molecule has 20 heavy (non-hydrogen) atoms. The molecule has 0 aliphatic carbocycles. The van der Waals surface area contributed by atoms with E-state index in [1.807, 2.05) is 0 Å². The molecular weight excluding hydrogens is 279 g/mol. The van der Waals surface area contributed by atoms with Crippen molar-refractivity contribution >= 4 is 5.97 Å². The molecule has 2 aliphatic heterocycles. The van der Waals surface area contributed by atoms with E-state index in [1.165, 1.54) is 0 Å². The Morgan fingerprint density at radius 1 is 1.35 bits per heavy atom. The fraction of sp³-hybridized carbons (Fsp3) is 0.917. The van der Waals surface area contributed by atoms with Crippen molar-refractivity contribution in [1.82, 2.24) is 5.32 Å². The number of piperidine rings is 1. The lowest BCUT2D eigenvalue weighted by atomic mass is 9.91. The van der Waals surface area contributed by atoms with Crippen molar-refractivity contribution < 1.29 is 32.2 Å². The molecule has 5 nitrogen and oxygen atoms in total. The first-order valence-electron chi connectivity index (χ1n) is 6.63. The summed E-state index contributed by atoms with van der Waals surface area (Å²) >= 11 is 0. The number of hydrogen-bond acceptors (Lipinski definition) is 5. The Hall–Kier alpha value is -0.860. The van der Waals surface area contributed by atoms with Crippen LogP contribution in [0.1, 0.15) is 26.2 Å². The normalized spacial score (nSPS) is 30.2. The largest absolute Gasteiger partial charge is 0.465 e. The first-order valence-corrected chi connectivity index (χ1v) is 6.63. The molecule has 2 aliphatic rings. The van der Waals surface area contributed by atoms with Crippen molar-refractivity contribution in [2.45, 2.75) is 50.2 Å². The second kappa shape index (κ2) is 5.87. The molecular formula is C12H18F3NO4. The second-order valence-electron chi connectivity index (χ2n) is 4.93. The van der Waals surface area contributed by atoms with Gasteiger partial charge >= 0.3 is 12.1 Å². The van der Waals surface area contributed by atoms with Gasteiger partial charge in [0.1, 0.15) is 12.1 Å². The van der Waals surface area contributed by atoms with Gasteiger partial charge in [-0.3, -0.25) is 10.1 Å². The maximum Gasteiger partial charge on any atom is 0.404 e. The number of hydrogen-bond donors (Lipinski definition) is 1. The van der Waals surface area contributed by atoms with Crippen molar-refractivity contribution in [2.24, 2.45) is 0 Å². The molecule has 2 rings (SSSR count). The zero-order chi connectivity index (χ0) is 14.8. The van der Waals surface area contributed by atoms with Crippen LogP contribution >= 0.6 is 0 Å². The van der Waals surface area contributed by atoms with Crippen molar-refractivity contribution in [3.8, 4) is 0 Å². The molecule has 2 heterocycles. The lowest BCUT2D eigenvalue weighted by Crippen LogP contribution is -2.63. The van der Waals surface area contributed by atoms with Crippen LogP contribution in [0.25, 0.3) is 0 Å². The summed E-state index contributed by atoms with van der Waals surface area (Å²) in [5.74, 6) is -2.06. The van der Waals surface area contributed by atoms with Crippen LogP contribution < -0.4 is 5.32 Å². The van der Waals surface area contributed by atoms with E-state index in [0.29, 0.717) is 19.6 Å². The molecule has 0 aromatic heterocycles. The second-order valence-corrected chi connectivity index (χ2v) is 4.93. The van der Waals surface area contributed by atoms with E-state index in [2.05, 4.69) is 5.32 Å². The Balaban J connectivity index is 2.16. The molecule has 0 aromatic rings. The van der Waals surface area contributed by atoms with Gasteiger partial charge in [-0.05, 0) is 13.3 Å². The van der Waals surface area contributed by atoms with Crippen LogP contribution in [0.2, 0.25) is 0 Å². The van der Waals surface area contributed by atoms with Crippen LogP contribution in [0.15, 0.2) is 0 Å². The van der Waals surface area contributed by atoms with Crippen LogP contribution in [0, 0.1) is 0 Å². The van der Waals surface area contributed by atoms with Crippen molar-refractivity contribution in [1.29, 1.82) is 0 Å². The third-order valence-electron chi connectivity index (χ3n) is 3.42. The summed E-state index contributed by atoms with van der Waals surface area (Å²) in [7, 11) is 0. The standard InChI is InChI=1S/C12H18F3NO4/c1-2-18-10(17)8-6-11(19-4-3-5-20-11)7-9(16-8)12(13,14)15/h8-9,16H,2-7H2,1H3/t8-,9+/m0/s1. The topological polar surface area (TPSA) is 56.8 Å². The van der Waals surface area contributed by atoms with E-state index in [1.54, 1.807) is 6.92 Å². The lowest BCUT2D eigenvalue weighted by molar-refractivity contribution is -0.301. The van der Waals surface area contributed by atoms with Gasteiger partial charge in [0.15, 0.2) is 5.79 Å². The Bertz CT molecular complexity index is 355. The van der Waals surface area contributed by atoms with E-state index >= 15 is 0 Å². The lowest BCUT2D eigenvalue weighted by Gasteiger charge is -2.45. The van der Waals surface area contributed by atoms with Gasteiger partial charge in [-0.2, -0.15) is 13.2 Å². The summed E-state index contributed by atoms with van der Waals surface area (Å²) < 4.78 is 54.6. The smallest absolute Gasteiger partial charge is 0.404 e. The fourth-order valence-corrected chi connectivity index (χ4v) is 2.52. The number of alkyl halides is 3. The molecule has 116 valence electrons. The first kappa shape index (κ1) is 15.5. The van der Waals surface area contributed by atoms with Gasteiger partial charge in [0, 0.05) is 12.8 Å².